The van der Waals surface area contributed by atoms with Crippen molar-refractivity contribution in [3.63, 3.8) is 0 Å². The fourth-order valence-electron chi connectivity index (χ4n) is 2.11. The van der Waals surface area contributed by atoms with Gasteiger partial charge in [-0.25, -0.2) is 0 Å². The number of benzene rings is 2. The van der Waals surface area contributed by atoms with Gasteiger partial charge in [-0.2, -0.15) is 0 Å². The minimum Gasteiger partial charge on any atom is -0.503 e. The number of halogens is 5. The Morgan fingerprint density at radius 1 is 1.16 bits per heavy atom. The first kappa shape index (κ1) is 21.4. The smallest absolute Gasteiger partial charge is 0.503 e. The van der Waals surface area contributed by atoms with Crippen LogP contribution in [0.3, 0.4) is 0 Å². The summed E-state index contributed by atoms with van der Waals surface area (Å²) in [7, 11) is 0. The van der Waals surface area contributed by atoms with Gasteiger partial charge in [0.15, 0.2) is 11.5 Å². The summed E-state index contributed by atoms with van der Waals surface area (Å²) in [4.78, 5) is 0. The van der Waals surface area contributed by atoms with Crippen LogP contribution in [0.5, 0.6) is 17.2 Å². The Morgan fingerprint density at radius 3 is 2.28 bits per heavy atom. The Morgan fingerprint density at radius 2 is 1.76 bits per heavy atom. The van der Waals surface area contributed by atoms with Gasteiger partial charge in [0.1, 0.15) is 5.75 Å². The Hall–Kier alpha value is -1.64. The first-order valence-electron chi connectivity index (χ1n) is 6.97. The molecule has 0 aliphatic rings. The minimum absolute atomic E-state index is 0. The lowest BCUT2D eigenvalue weighted by molar-refractivity contribution is -0.274. The van der Waals surface area contributed by atoms with Crippen LogP contribution in [0.15, 0.2) is 40.9 Å². The van der Waals surface area contributed by atoms with Crippen molar-refractivity contribution in [2.24, 2.45) is 5.73 Å². The molecule has 0 fully saturated rings. The molecule has 0 bridgehead atoms. The molecule has 138 valence electrons. The molecule has 1 atom stereocenters. The Balaban J connectivity index is 0.00000312. The molecule has 0 aliphatic heterocycles. The Bertz CT molecular complexity index is 711. The van der Waals surface area contributed by atoms with E-state index in [1.54, 1.807) is 19.1 Å². The molecule has 2 aromatic rings. The average Bonchev–Trinajstić information content (AvgIpc) is 2.50. The number of ether oxygens (including phenoxy) is 2. The highest BCUT2D eigenvalue weighted by molar-refractivity contribution is 9.10. The van der Waals surface area contributed by atoms with Gasteiger partial charge in [-0.3, -0.25) is 0 Å². The molecule has 0 saturated carbocycles. The minimum atomic E-state index is -4.74. The van der Waals surface area contributed by atoms with Crippen LogP contribution in [0.1, 0.15) is 24.1 Å². The predicted octanol–water partition coefficient (Wildman–Crippen LogP) is 4.92. The zero-order chi connectivity index (χ0) is 17.9. The number of phenolic OH excluding ortho intramolecular Hbond substituents is 1. The molecular formula is C16H16BrClF3NO3. The lowest BCUT2D eigenvalue weighted by Crippen LogP contribution is -2.17. The maximum Gasteiger partial charge on any atom is 0.573 e. The molecule has 0 saturated heterocycles. The van der Waals surface area contributed by atoms with E-state index in [4.69, 9.17) is 10.5 Å². The Kier molecular flexibility index (Phi) is 7.40. The molecule has 2 aromatic carbocycles. The first-order valence-corrected chi connectivity index (χ1v) is 7.77. The fraction of sp³-hybridized carbons (Fsp3) is 0.250. The van der Waals surface area contributed by atoms with Gasteiger partial charge in [-0.15, -0.1) is 25.6 Å². The van der Waals surface area contributed by atoms with Crippen molar-refractivity contribution < 1.29 is 27.8 Å². The zero-order valence-corrected chi connectivity index (χ0v) is 15.4. The molecule has 4 nitrogen and oxygen atoms in total. The third-order valence-electron chi connectivity index (χ3n) is 3.18. The van der Waals surface area contributed by atoms with Crippen molar-refractivity contribution in [2.45, 2.75) is 19.3 Å². The second-order valence-corrected chi connectivity index (χ2v) is 5.73. The molecular weight excluding hydrogens is 427 g/mol. The largest absolute Gasteiger partial charge is 0.573 e. The number of hydrogen-bond acceptors (Lipinski definition) is 4. The topological polar surface area (TPSA) is 64.7 Å². The normalized spacial score (nSPS) is 12.2. The van der Waals surface area contributed by atoms with Crippen LogP contribution in [0.25, 0.3) is 0 Å². The highest BCUT2D eigenvalue weighted by Gasteiger charge is 2.31. The van der Waals surface area contributed by atoms with Gasteiger partial charge in [0.25, 0.3) is 0 Å². The van der Waals surface area contributed by atoms with Gasteiger partial charge < -0.3 is 20.3 Å². The molecule has 9 heteroatoms. The van der Waals surface area contributed by atoms with Gasteiger partial charge in [0.2, 0.25) is 0 Å². The maximum atomic E-state index is 12.2. The van der Waals surface area contributed by atoms with E-state index >= 15 is 0 Å². The summed E-state index contributed by atoms with van der Waals surface area (Å²) in [6.45, 7) is 2.14. The summed E-state index contributed by atoms with van der Waals surface area (Å²) in [5.41, 5.74) is 7.38. The fourth-order valence-corrected chi connectivity index (χ4v) is 2.57. The maximum absolute atomic E-state index is 12.2. The first-order chi connectivity index (χ1) is 11.2. The molecule has 0 amide bonds. The summed E-state index contributed by atoms with van der Waals surface area (Å²) >= 11 is 3.22. The average molecular weight is 443 g/mol. The molecule has 0 heterocycles. The third kappa shape index (κ3) is 5.69. The lowest BCUT2D eigenvalue weighted by Gasteiger charge is -2.17. The quantitative estimate of drug-likeness (QED) is 0.690. The number of hydrogen-bond donors (Lipinski definition) is 2. The number of aromatic hydroxyl groups is 1. The van der Waals surface area contributed by atoms with Crippen molar-refractivity contribution in [1.29, 1.82) is 0 Å². The predicted molar refractivity (Wildman–Crippen MR) is 93.4 cm³/mol. The van der Waals surface area contributed by atoms with Crippen molar-refractivity contribution in [3.05, 3.63) is 52.0 Å². The summed E-state index contributed by atoms with van der Waals surface area (Å²) in [6.07, 6.45) is -4.74. The van der Waals surface area contributed by atoms with E-state index in [0.29, 0.717) is 22.2 Å². The van der Waals surface area contributed by atoms with E-state index in [1.807, 2.05) is 0 Å². The van der Waals surface area contributed by atoms with Crippen LogP contribution >= 0.6 is 28.3 Å². The van der Waals surface area contributed by atoms with Crippen LogP contribution in [0.2, 0.25) is 0 Å². The summed E-state index contributed by atoms with van der Waals surface area (Å²) < 4.78 is 46.1. The van der Waals surface area contributed by atoms with E-state index in [1.165, 1.54) is 24.3 Å². The standard InChI is InChI=1S/C16H15BrF3NO3.ClH/c1-2-23-13-8-10(7-12(17)15(13)22)14(21)9-3-5-11(6-4-9)24-16(18,19)20;/h3-8,14,22H,2,21H2,1H3;1H/t14-;/m1./s1. The molecule has 0 aromatic heterocycles. The Labute approximate surface area is 157 Å². The van der Waals surface area contributed by atoms with Crippen molar-refractivity contribution in [1.82, 2.24) is 0 Å². The third-order valence-corrected chi connectivity index (χ3v) is 3.79. The lowest BCUT2D eigenvalue weighted by atomic mass is 9.99. The van der Waals surface area contributed by atoms with E-state index in [0.717, 1.165) is 0 Å². The number of alkyl halides is 3. The van der Waals surface area contributed by atoms with Crippen LogP contribution in [-0.4, -0.2) is 18.1 Å². The second-order valence-electron chi connectivity index (χ2n) is 4.88. The highest BCUT2D eigenvalue weighted by Crippen LogP contribution is 2.38. The van der Waals surface area contributed by atoms with E-state index < -0.39 is 12.4 Å². The molecule has 0 aliphatic carbocycles. The second kappa shape index (κ2) is 8.64. The van der Waals surface area contributed by atoms with Gasteiger partial charge >= 0.3 is 6.36 Å². The highest BCUT2D eigenvalue weighted by atomic mass is 79.9. The van der Waals surface area contributed by atoms with E-state index in [-0.39, 0.29) is 29.7 Å². The SMILES string of the molecule is CCOc1cc([C@H](N)c2ccc(OC(F)(F)F)cc2)cc(Br)c1O.Cl. The van der Waals surface area contributed by atoms with E-state index in [2.05, 4.69) is 20.7 Å². The summed E-state index contributed by atoms with van der Waals surface area (Å²) in [5.74, 6) is -0.0867. The monoisotopic (exact) mass is 441 g/mol. The van der Waals surface area contributed by atoms with Crippen LogP contribution in [-0.2, 0) is 0 Å². The van der Waals surface area contributed by atoms with Gasteiger partial charge in [-0.1, -0.05) is 12.1 Å². The van der Waals surface area contributed by atoms with Crippen LogP contribution in [0, 0.1) is 0 Å². The molecule has 2 rings (SSSR count). The van der Waals surface area contributed by atoms with Crippen LogP contribution in [0.4, 0.5) is 13.2 Å². The van der Waals surface area contributed by atoms with Crippen molar-refractivity contribution in [3.8, 4) is 17.2 Å². The van der Waals surface area contributed by atoms with E-state index in [9.17, 15) is 18.3 Å². The zero-order valence-electron chi connectivity index (χ0n) is 13.0. The number of nitrogens with two attached hydrogens (primary N) is 1. The number of rotatable bonds is 5. The van der Waals surface area contributed by atoms with Gasteiger partial charge in [0.05, 0.1) is 17.1 Å². The summed E-state index contributed by atoms with van der Waals surface area (Å²) in [5, 5.41) is 9.91. The van der Waals surface area contributed by atoms with Gasteiger partial charge in [0, 0.05) is 0 Å². The summed E-state index contributed by atoms with van der Waals surface area (Å²) in [6, 6.07) is 7.90. The molecule has 3 N–H and O–H groups in total. The number of phenols is 1. The van der Waals surface area contributed by atoms with Gasteiger partial charge in [-0.05, 0) is 58.2 Å². The van der Waals surface area contributed by atoms with Crippen molar-refractivity contribution >= 4 is 28.3 Å². The molecule has 0 unspecified atom stereocenters. The molecule has 25 heavy (non-hydrogen) atoms. The van der Waals surface area contributed by atoms with Crippen LogP contribution < -0.4 is 15.2 Å². The molecule has 0 spiro atoms. The molecule has 0 radical (unpaired) electrons. The van der Waals surface area contributed by atoms with Crippen molar-refractivity contribution in [2.75, 3.05) is 6.61 Å².